The predicted octanol–water partition coefficient (Wildman–Crippen LogP) is 4.69. The van der Waals surface area contributed by atoms with Gasteiger partial charge >= 0.3 is 6.18 Å². The number of carbonyl (C=O) groups is 2. The molecule has 1 aromatic heterocycles. The molecule has 31 heavy (non-hydrogen) atoms. The number of H-pyrrole nitrogens is 1. The topological polar surface area (TPSA) is 56.4 Å². The van der Waals surface area contributed by atoms with Crippen LogP contribution in [-0.4, -0.2) is 52.8 Å². The molecular formula is C21H16BrF4N3O2. The Hall–Kier alpha value is -2.88. The first-order valence-corrected chi connectivity index (χ1v) is 10.2. The van der Waals surface area contributed by atoms with Crippen LogP contribution >= 0.6 is 15.9 Å². The van der Waals surface area contributed by atoms with E-state index in [0.717, 1.165) is 27.5 Å². The number of fused-ring (bicyclic) bond motifs is 1. The van der Waals surface area contributed by atoms with Gasteiger partial charge < -0.3 is 14.8 Å². The second-order valence-corrected chi connectivity index (χ2v) is 8.10. The number of piperazine rings is 1. The number of amides is 2. The van der Waals surface area contributed by atoms with E-state index in [1.807, 2.05) is 18.2 Å². The highest BCUT2D eigenvalue weighted by Gasteiger charge is 2.37. The summed E-state index contributed by atoms with van der Waals surface area (Å²) in [4.78, 5) is 31.3. The Labute approximate surface area is 182 Å². The van der Waals surface area contributed by atoms with Crippen LogP contribution in [0.5, 0.6) is 0 Å². The van der Waals surface area contributed by atoms with E-state index in [9.17, 15) is 27.2 Å². The molecule has 0 aliphatic carbocycles. The van der Waals surface area contributed by atoms with Crippen molar-refractivity contribution >= 4 is 38.6 Å². The number of aromatic nitrogens is 1. The quantitative estimate of drug-likeness (QED) is 0.522. The maximum atomic E-state index is 13.3. The molecule has 0 saturated carbocycles. The van der Waals surface area contributed by atoms with Crippen molar-refractivity contribution in [2.75, 3.05) is 26.2 Å². The Morgan fingerprint density at radius 1 is 0.903 bits per heavy atom. The average Bonchev–Trinajstić information content (AvgIpc) is 3.15. The molecule has 0 unspecified atom stereocenters. The van der Waals surface area contributed by atoms with Crippen LogP contribution in [-0.2, 0) is 6.18 Å². The Morgan fingerprint density at radius 3 is 2.19 bits per heavy atom. The summed E-state index contributed by atoms with van der Waals surface area (Å²) < 4.78 is 53.9. The molecule has 3 aromatic rings. The van der Waals surface area contributed by atoms with Crippen molar-refractivity contribution in [3.8, 4) is 0 Å². The third-order valence-electron chi connectivity index (χ3n) is 5.18. The summed E-state index contributed by atoms with van der Waals surface area (Å²) >= 11 is 3.38. The molecule has 0 bridgehead atoms. The van der Waals surface area contributed by atoms with Gasteiger partial charge in [-0.1, -0.05) is 15.9 Å². The molecular weight excluding hydrogens is 482 g/mol. The van der Waals surface area contributed by atoms with Gasteiger partial charge in [-0.25, -0.2) is 4.39 Å². The number of hydrogen-bond acceptors (Lipinski definition) is 2. The van der Waals surface area contributed by atoms with Gasteiger partial charge in [-0.15, -0.1) is 0 Å². The Morgan fingerprint density at radius 2 is 1.55 bits per heavy atom. The lowest BCUT2D eigenvalue weighted by molar-refractivity contribution is -0.138. The van der Waals surface area contributed by atoms with E-state index in [0.29, 0.717) is 11.8 Å². The maximum absolute atomic E-state index is 13.3. The van der Waals surface area contributed by atoms with Crippen molar-refractivity contribution in [3.05, 3.63) is 69.6 Å². The van der Waals surface area contributed by atoms with Crippen LogP contribution in [0, 0.1) is 5.82 Å². The second-order valence-electron chi connectivity index (χ2n) is 7.19. The molecule has 4 rings (SSSR count). The minimum atomic E-state index is -4.85. The van der Waals surface area contributed by atoms with Crippen molar-refractivity contribution in [2.45, 2.75) is 6.18 Å². The van der Waals surface area contributed by atoms with E-state index in [1.165, 1.54) is 4.90 Å². The molecule has 1 aliphatic rings. The molecule has 1 N–H and O–H groups in total. The lowest BCUT2D eigenvalue weighted by Gasteiger charge is -2.35. The van der Waals surface area contributed by atoms with Gasteiger partial charge in [0.05, 0.1) is 11.1 Å². The molecule has 1 fully saturated rings. The smallest absolute Gasteiger partial charge is 0.351 e. The van der Waals surface area contributed by atoms with Crippen molar-refractivity contribution in [3.63, 3.8) is 0 Å². The van der Waals surface area contributed by atoms with Crippen molar-refractivity contribution in [1.29, 1.82) is 0 Å². The van der Waals surface area contributed by atoms with Gasteiger partial charge in [0.1, 0.15) is 11.5 Å². The fraction of sp³-hybridized carbons (Fsp3) is 0.238. The number of nitrogens with one attached hydrogen (secondary N) is 1. The number of benzene rings is 2. The van der Waals surface area contributed by atoms with Gasteiger partial charge in [0.15, 0.2) is 0 Å². The van der Waals surface area contributed by atoms with Gasteiger partial charge in [-0.2, -0.15) is 13.2 Å². The monoisotopic (exact) mass is 497 g/mol. The molecule has 1 aliphatic heterocycles. The molecule has 1 saturated heterocycles. The zero-order chi connectivity index (χ0) is 22.3. The molecule has 162 valence electrons. The molecule has 10 heteroatoms. The predicted molar refractivity (Wildman–Crippen MR) is 109 cm³/mol. The van der Waals surface area contributed by atoms with Crippen LogP contribution in [0.25, 0.3) is 10.9 Å². The van der Waals surface area contributed by atoms with Crippen LogP contribution in [0.1, 0.15) is 26.4 Å². The number of hydrogen-bond donors (Lipinski definition) is 1. The second kappa shape index (κ2) is 7.99. The summed E-state index contributed by atoms with van der Waals surface area (Å²) in [5, 5.41) is 0.863. The van der Waals surface area contributed by atoms with Crippen LogP contribution < -0.4 is 0 Å². The fourth-order valence-corrected chi connectivity index (χ4v) is 3.99. The standard InChI is InChI=1S/C21H16BrF4N3O2/c22-13-1-4-17-12(9-13)10-18(27-17)20(31)29-7-5-28(6-8-29)19(30)15-3-2-14(23)11-16(15)21(24,25)26/h1-4,9-11,27H,5-8H2. The first-order chi connectivity index (χ1) is 14.6. The largest absolute Gasteiger partial charge is 0.417 e. The third kappa shape index (κ3) is 4.30. The minimum absolute atomic E-state index is 0.0744. The lowest BCUT2D eigenvalue weighted by Crippen LogP contribution is -2.50. The van der Waals surface area contributed by atoms with Crippen LogP contribution in [0.3, 0.4) is 0 Å². The number of carbonyl (C=O) groups excluding carboxylic acids is 2. The summed E-state index contributed by atoms with van der Waals surface area (Å²) in [6, 6.07) is 9.29. The average molecular weight is 498 g/mol. The number of rotatable bonds is 2. The van der Waals surface area contributed by atoms with E-state index in [2.05, 4.69) is 20.9 Å². The van der Waals surface area contributed by atoms with Crippen LogP contribution in [0.4, 0.5) is 17.6 Å². The third-order valence-corrected chi connectivity index (χ3v) is 5.68. The maximum Gasteiger partial charge on any atom is 0.417 e. The van der Waals surface area contributed by atoms with E-state index < -0.39 is 29.0 Å². The van der Waals surface area contributed by atoms with Crippen LogP contribution in [0.15, 0.2) is 46.9 Å². The van der Waals surface area contributed by atoms with E-state index >= 15 is 0 Å². The van der Waals surface area contributed by atoms with E-state index in [1.54, 1.807) is 11.0 Å². The lowest BCUT2D eigenvalue weighted by atomic mass is 10.0. The zero-order valence-corrected chi connectivity index (χ0v) is 17.6. The van der Waals surface area contributed by atoms with Crippen molar-refractivity contribution in [1.82, 2.24) is 14.8 Å². The Kier molecular flexibility index (Phi) is 5.50. The highest BCUT2D eigenvalue weighted by Crippen LogP contribution is 2.33. The van der Waals surface area contributed by atoms with E-state index in [-0.39, 0.29) is 32.1 Å². The Balaban J connectivity index is 1.47. The van der Waals surface area contributed by atoms with Gasteiger partial charge in [0.2, 0.25) is 0 Å². The summed E-state index contributed by atoms with van der Waals surface area (Å²) in [5.74, 6) is -2.16. The summed E-state index contributed by atoms with van der Waals surface area (Å²) in [7, 11) is 0. The molecule has 2 heterocycles. The van der Waals surface area contributed by atoms with Gasteiger partial charge in [0.25, 0.3) is 11.8 Å². The van der Waals surface area contributed by atoms with Crippen LogP contribution in [0.2, 0.25) is 0 Å². The van der Waals surface area contributed by atoms with Crippen molar-refractivity contribution in [2.24, 2.45) is 0 Å². The molecule has 0 radical (unpaired) electrons. The number of nitrogens with zero attached hydrogens (tertiary/aromatic N) is 2. The normalized spacial score (nSPS) is 14.9. The highest BCUT2D eigenvalue weighted by atomic mass is 79.9. The zero-order valence-electron chi connectivity index (χ0n) is 16.0. The summed E-state index contributed by atoms with van der Waals surface area (Å²) in [6.45, 7) is 0.494. The number of halogens is 5. The van der Waals surface area contributed by atoms with Gasteiger partial charge in [-0.3, -0.25) is 9.59 Å². The molecule has 2 amide bonds. The minimum Gasteiger partial charge on any atom is -0.351 e. The fourth-order valence-electron chi connectivity index (χ4n) is 3.61. The molecule has 5 nitrogen and oxygen atoms in total. The first-order valence-electron chi connectivity index (χ1n) is 9.37. The molecule has 2 aromatic carbocycles. The first kappa shape index (κ1) is 21.4. The van der Waals surface area contributed by atoms with Gasteiger partial charge in [-0.05, 0) is 42.5 Å². The molecule has 0 atom stereocenters. The van der Waals surface area contributed by atoms with Crippen molar-refractivity contribution < 1.29 is 27.2 Å². The number of aromatic amines is 1. The molecule has 0 spiro atoms. The summed E-state index contributed by atoms with van der Waals surface area (Å²) in [6.07, 6.45) is -4.85. The summed E-state index contributed by atoms with van der Waals surface area (Å²) in [5.41, 5.74) is -0.711. The number of alkyl halides is 3. The van der Waals surface area contributed by atoms with E-state index in [4.69, 9.17) is 0 Å². The Bertz CT molecular complexity index is 1170. The van der Waals surface area contributed by atoms with Gasteiger partial charge in [0, 0.05) is 41.6 Å². The highest BCUT2D eigenvalue weighted by molar-refractivity contribution is 9.10. The SMILES string of the molecule is O=C(c1cc2cc(Br)ccc2[nH]1)N1CCN(C(=O)c2ccc(F)cc2C(F)(F)F)CC1.